The average molecular weight is 243 g/mol. The number of nitrogens with one attached hydrogen (secondary N) is 1. The molecule has 0 amide bonds. The van der Waals surface area contributed by atoms with Crippen molar-refractivity contribution in [2.45, 2.75) is 39.0 Å². The molecule has 2 nitrogen and oxygen atoms in total. The predicted molar refractivity (Wildman–Crippen MR) is 77.2 cm³/mol. The highest BCUT2D eigenvalue weighted by Gasteiger charge is 2.12. The molecule has 96 valence electrons. The summed E-state index contributed by atoms with van der Waals surface area (Å²) in [6, 6.07) is 8.47. The molecule has 0 aromatic heterocycles. The first kappa shape index (κ1) is 14.4. The van der Waals surface area contributed by atoms with Crippen molar-refractivity contribution in [2.24, 2.45) is 0 Å². The molecule has 0 heterocycles. The van der Waals surface area contributed by atoms with Gasteiger partial charge in [0, 0.05) is 6.42 Å². The third-order valence-electron chi connectivity index (χ3n) is 2.81. The largest absolute Gasteiger partial charge is 0.305 e. The van der Waals surface area contributed by atoms with E-state index >= 15 is 0 Å². The van der Waals surface area contributed by atoms with Gasteiger partial charge >= 0.3 is 0 Å². The van der Waals surface area contributed by atoms with E-state index < -0.39 is 0 Å². The summed E-state index contributed by atoms with van der Waals surface area (Å²) < 4.78 is 0. The van der Waals surface area contributed by atoms with Crippen molar-refractivity contribution in [3.8, 4) is 0 Å². The zero-order valence-electron chi connectivity index (χ0n) is 11.4. The summed E-state index contributed by atoms with van der Waals surface area (Å²) in [5, 5.41) is 6.79. The zero-order chi connectivity index (χ0) is 13.6. The Labute approximate surface area is 109 Å². The van der Waals surface area contributed by atoms with Crippen LogP contribution in [0.3, 0.4) is 0 Å². The maximum absolute atomic E-state index is 10.9. The number of Topliss-reactive ketones (excluding diaryl/α,β-unsaturated/α-hetero) is 1. The third-order valence-corrected chi connectivity index (χ3v) is 2.81. The van der Waals surface area contributed by atoms with E-state index in [1.54, 1.807) is 0 Å². The molecular weight excluding hydrogens is 222 g/mol. The molecule has 0 atom stereocenters. The molecule has 0 saturated carbocycles. The molecule has 0 aliphatic heterocycles. The summed E-state index contributed by atoms with van der Waals surface area (Å²) in [5.74, 6) is -0.122. The van der Waals surface area contributed by atoms with Crippen LogP contribution in [-0.4, -0.2) is 12.0 Å². The van der Waals surface area contributed by atoms with E-state index in [2.05, 4.69) is 45.0 Å². The fraction of sp³-hybridized carbons (Fsp3) is 0.375. The Balaban J connectivity index is 2.56. The highest BCUT2D eigenvalue weighted by Crippen LogP contribution is 2.22. The Morgan fingerprint density at radius 3 is 2.33 bits per heavy atom. The fourth-order valence-electron chi connectivity index (χ4n) is 1.61. The quantitative estimate of drug-likeness (QED) is 0.780. The lowest BCUT2D eigenvalue weighted by molar-refractivity contribution is -0.112. The minimum atomic E-state index is -0.122. The molecule has 0 aliphatic carbocycles. The van der Waals surface area contributed by atoms with E-state index in [4.69, 9.17) is 5.41 Å². The van der Waals surface area contributed by atoms with E-state index in [9.17, 15) is 4.79 Å². The van der Waals surface area contributed by atoms with Gasteiger partial charge in [-0.05, 0) is 23.0 Å². The molecular formula is C16H21NO. The van der Waals surface area contributed by atoms with E-state index in [-0.39, 0.29) is 11.2 Å². The lowest BCUT2D eigenvalue weighted by Gasteiger charge is -2.18. The molecule has 1 aromatic carbocycles. The van der Waals surface area contributed by atoms with Crippen LogP contribution in [0.25, 0.3) is 6.08 Å². The molecule has 0 radical (unpaired) electrons. The molecule has 1 N–H and O–H groups in total. The van der Waals surface area contributed by atoms with Crippen molar-refractivity contribution < 1.29 is 4.79 Å². The minimum absolute atomic E-state index is 0.122. The van der Waals surface area contributed by atoms with Crippen LogP contribution >= 0.6 is 0 Å². The summed E-state index contributed by atoms with van der Waals surface area (Å²) in [6.45, 7) is 6.59. The number of hydrogen-bond donors (Lipinski definition) is 1. The van der Waals surface area contributed by atoms with Crippen LogP contribution in [0.2, 0.25) is 0 Å². The smallest absolute Gasteiger partial charge is 0.173 e. The van der Waals surface area contributed by atoms with Crippen molar-refractivity contribution >= 4 is 18.1 Å². The molecule has 2 heteroatoms. The SMILES string of the molecule is CC(C)(C)c1ccc(/C=C/CCC(=O)C=N)cc1. The number of carbonyl (C=O) groups excluding carboxylic acids is 1. The lowest BCUT2D eigenvalue weighted by atomic mass is 9.87. The minimum Gasteiger partial charge on any atom is -0.305 e. The first-order valence-corrected chi connectivity index (χ1v) is 6.24. The molecule has 18 heavy (non-hydrogen) atoms. The fourth-order valence-corrected chi connectivity index (χ4v) is 1.61. The standard InChI is InChI=1S/C16H21NO/c1-16(2,3)14-10-8-13(9-11-14)6-4-5-7-15(18)12-17/h4,6,8-12,17H,5,7H2,1-3H3/b6-4+,17-12?. The van der Waals surface area contributed by atoms with Gasteiger partial charge in [-0.15, -0.1) is 0 Å². The maximum atomic E-state index is 10.9. The van der Waals surface area contributed by atoms with Crippen molar-refractivity contribution in [1.82, 2.24) is 0 Å². The molecule has 1 aromatic rings. The Morgan fingerprint density at radius 2 is 1.83 bits per heavy atom. The van der Waals surface area contributed by atoms with Gasteiger partial charge in [0.25, 0.3) is 0 Å². The van der Waals surface area contributed by atoms with Gasteiger partial charge in [-0.1, -0.05) is 57.2 Å². The Kier molecular flexibility index (Phi) is 5.02. The van der Waals surface area contributed by atoms with E-state index in [0.717, 1.165) is 11.8 Å². The van der Waals surface area contributed by atoms with Crippen LogP contribution < -0.4 is 0 Å². The summed E-state index contributed by atoms with van der Waals surface area (Å²) in [7, 11) is 0. The number of carbonyl (C=O) groups is 1. The zero-order valence-corrected chi connectivity index (χ0v) is 11.4. The average Bonchev–Trinajstić information content (AvgIpc) is 2.33. The van der Waals surface area contributed by atoms with Crippen molar-refractivity contribution in [3.05, 3.63) is 41.5 Å². The summed E-state index contributed by atoms with van der Waals surface area (Å²) in [6.07, 6.45) is 5.98. The molecule has 0 aliphatic rings. The number of ketones is 1. The summed E-state index contributed by atoms with van der Waals surface area (Å²) >= 11 is 0. The van der Waals surface area contributed by atoms with Crippen LogP contribution in [0.4, 0.5) is 0 Å². The monoisotopic (exact) mass is 243 g/mol. The van der Waals surface area contributed by atoms with E-state index in [1.165, 1.54) is 5.56 Å². The normalized spacial score (nSPS) is 11.7. The van der Waals surface area contributed by atoms with Gasteiger partial charge in [-0.2, -0.15) is 0 Å². The molecule has 0 fully saturated rings. The Morgan fingerprint density at radius 1 is 1.22 bits per heavy atom. The molecule has 0 saturated heterocycles. The number of allylic oxidation sites excluding steroid dienone is 1. The highest BCUT2D eigenvalue weighted by atomic mass is 16.1. The van der Waals surface area contributed by atoms with Crippen molar-refractivity contribution in [1.29, 1.82) is 5.41 Å². The van der Waals surface area contributed by atoms with Crippen LogP contribution in [-0.2, 0) is 10.2 Å². The van der Waals surface area contributed by atoms with Crippen LogP contribution in [0.15, 0.2) is 30.3 Å². The first-order chi connectivity index (χ1) is 8.43. The number of rotatable bonds is 5. The van der Waals surface area contributed by atoms with E-state index in [1.807, 2.05) is 12.2 Å². The van der Waals surface area contributed by atoms with Crippen LogP contribution in [0.5, 0.6) is 0 Å². The van der Waals surface area contributed by atoms with Crippen molar-refractivity contribution in [2.75, 3.05) is 0 Å². The maximum Gasteiger partial charge on any atom is 0.173 e. The van der Waals surface area contributed by atoms with Crippen molar-refractivity contribution in [3.63, 3.8) is 0 Å². The molecule has 0 spiro atoms. The number of hydrogen-bond acceptors (Lipinski definition) is 2. The van der Waals surface area contributed by atoms with Crippen LogP contribution in [0, 0.1) is 5.41 Å². The Hall–Kier alpha value is -1.70. The first-order valence-electron chi connectivity index (χ1n) is 6.24. The summed E-state index contributed by atoms with van der Waals surface area (Å²) in [5.41, 5.74) is 2.64. The van der Waals surface area contributed by atoms with Gasteiger partial charge in [0.05, 0.1) is 6.21 Å². The van der Waals surface area contributed by atoms with Gasteiger partial charge in [-0.25, -0.2) is 0 Å². The molecule has 0 bridgehead atoms. The van der Waals surface area contributed by atoms with Gasteiger partial charge in [-0.3, -0.25) is 4.79 Å². The second-order valence-electron chi connectivity index (χ2n) is 5.42. The van der Waals surface area contributed by atoms with Gasteiger partial charge < -0.3 is 5.41 Å². The lowest BCUT2D eigenvalue weighted by Crippen LogP contribution is -2.10. The number of benzene rings is 1. The van der Waals surface area contributed by atoms with Crippen LogP contribution in [0.1, 0.15) is 44.7 Å². The molecule has 1 rings (SSSR count). The van der Waals surface area contributed by atoms with E-state index in [0.29, 0.717) is 12.8 Å². The Bertz CT molecular complexity index is 435. The second kappa shape index (κ2) is 6.29. The van der Waals surface area contributed by atoms with Gasteiger partial charge in [0.1, 0.15) is 0 Å². The van der Waals surface area contributed by atoms with Gasteiger partial charge in [0.15, 0.2) is 5.78 Å². The summed E-state index contributed by atoms with van der Waals surface area (Å²) in [4.78, 5) is 10.9. The third kappa shape index (κ3) is 4.66. The molecule has 0 unspecified atom stereocenters. The predicted octanol–water partition coefficient (Wildman–Crippen LogP) is 4.00. The highest BCUT2D eigenvalue weighted by molar-refractivity contribution is 6.26. The topological polar surface area (TPSA) is 40.9 Å². The second-order valence-corrected chi connectivity index (χ2v) is 5.42. The van der Waals surface area contributed by atoms with Gasteiger partial charge in [0.2, 0.25) is 0 Å².